The van der Waals surface area contributed by atoms with Gasteiger partial charge in [0.05, 0.1) is 29.9 Å². The Bertz CT molecular complexity index is 1180. The maximum Gasteiger partial charge on any atom is 0.307 e. The molecular weight excluding hydrogens is 430 g/mol. The number of nitrogens with zero attached hydrogens (tertiary/aromatic N) is 3. The smallest absolute Gasteiger partial charge is 0.307 e. The Kier molecular flexibility index (Phi) is 5.07. The van der Waals surface area contributed by atoms with Gasteiger partial charge in [0, 0.05) is 17.1 Å². The van der Waals surface area contributed by atoms with Gasteiger partial charge in [-0.05, 0) is 30.3 Å². The lowest BCUT2D eigenvalue weighted by molar-refractivity contribution is -0.145. The lowest BCUT2D eigenvalue weighted by atomic mass is 10.2. The van der Waals surface area contributed by atoms with Gasteiger partial charge in [0.25, 0.3) is 5.56 Å². The Balaban J connectivity index is 1.35. The van der Waals surface area contributed by atoms with E-state index in [0.29, 0.717) is 28.1 Å². The number of carbonyl (C=O) groups excluding carboxylic acids is 1. The highest BCUT2D eigenvalue weighted by Gasteiger charge is 2.12. The number of aryl methyl sites for hydroxylation is 1. The molecule has 0 atom stereocenters. The van der Waals surface area contributed by atoms with Crippen LogP contribution in [-0.4, -0.2) is 20.7 Å². The minimum Gasteiger partial charge on any atom is -0.461 e. The number of furan rings is 1. The van der Waals surface area contributed by atoms with Gasteiger partial charge in [0.2, 0.25) is 5.76 Å². The van der Waals surface area contributed by atoms with Crippen LogP contribution in [0.25, 0.3) is 22.4 Å². The van der Waals surface area contributed by atoms with Crippen molar-refractivity contribution in [3.05, 3.63) is 69.5 Å². The molecule has 142 valence electrons. The van der Waals surface area contributed by atoms with Gasteiger partial charge in [-0.2, -0.15) is 0 Å². The van der Waals surface area contributed by atoms with Gasteiger partial charge in [-0.1, -0.05) is 21.1 Å². The molecule has 0 bridgehead atoms. The minimum atomic E-state index is -0.455. The highest BCUT2D eigenvalue weighted by molar-refractivity contribution is 9.10. The molecule has 9 heteroatoms. The second-order valence-electron chi connectivity index (χ2n) is 5.98. The quantitative estimate of drug-likeness (QED) is 0.420. The fraction of sp³-hybridized carbons (Fsp3) is 0.158. The molecule has 8 nitrogen and oxygen atoms in total. The van der Waals surface area contributed by atoms with Gasteiger partial charge >= 0.3 is 5.97 Å². The Morgan fingerprint density at radius 3 is 2.93 bits per heavy atom. The van der Waals surface area contributed by atoms with Crippen molar-refractivity contribution in [3.8, 4) is 11.5 Å². The molecule has 3 heterocycles. The number of hydrogen-bond acceptors (Lipinski definition) is 7. The molecular formula is C19H14BrN3O5. The molecule has 0 aliphatic carbocycles. The van der Waals surface area contributed by atoms with Crippen LogP contribution in [0.4, 0.5) is 0 Å². The average Bonchev–Trinajstić information content (AvgIpc) is 3.38. The molecule has 0 aliphatic rings. The topological polar surface area (TPSA) is 100 Å². The number of benzene rings is 1. The van der Waals surface area contributed by atoms with Crippen molar-refractivity contribution in [2.24, 2.45) is 0 Å². The monoisotopic (exact) mass is 443 g/mol. The molecule has 0 radical (unpaired) electrons. The van der Waals surface area contributed by atoms with Crippen molar-refractivity contribution in [2.75, 3.05) is 0 Å². The summed E-state index contributed by atoms with van der Waals surface area (Å²) < 4.78 is 17.7. The Hall–Kier alpha value is -3.20. The van der Waals surface area contributed by atoms with E-state index in [1.165, 1.54) is 17.2 Å². The molecule has 0 N–H and O–H groups in total. The summed E-state index contributed by atoms with van der Waals surface area (Å²) in [7, 11) is 0. The normalized spacial score (nSPS) is 11.0. The Morgan fingerprint density at radius 1 is 1.21 bits per heavy atom. The second-order valence-corrected chi connectivity index (χ2v) is 6.89. The summed E-state index contributed by atoms with van der Waals surface area (Å²) in [5.41, 5.74) is 0.859. The number of ether oxygens (including phenoxy) is 1. The van der Waals surface area contributed by atoms with Gasteiger partial charge in [-0.15, -0.1) is 0 Å². The van der Waals surface area contributed by atoms with Crippen LogP contribution in [0, 0.1) is 0 Å². The van der Waals surface area contributed by atoms with Crippen molar-refractivity contribution in [2.45, 2.75) is 19.6 Å². The van der Waals surface area contributed by atoms with E-state index in [1.54, 1.807) is 30.3 Å². The maximum absolute atomic E-state index is 12.5. The van der Waals surface area contributed by atoms with Crippen LogP contribution in [0.5, 0.6) is 0 Å². The van der Waals surface area contributed by atoms with Crippen LogP contribution in [0.15, 0.2) is 67.2 Å². The van der Waals surface area contributed by atoms with Crippen molar-refractivity contribution < 1.29 is 18.5 Å². The van der Waals surface area contributed by atoms with Crippen LogP contribution < -0.4 is 5.56 Å². The molecule has 1 aromatic carbocycles. The summed E-state index contributed by atoms with van der Waals surface area (Å²) in [6, 6.07) is 10.4. The van der Waals surface area contributed by atoms with Crippen LogP contribution in [0.1, 0.15) is 12.1 Å². The molecule has 28 heavy (non-hydrogen) atoms. The fourth-order valence-electron chi connectivity index (χ4n) is 2.64. The number of aromatic nitrogens is 3. The van der Waals surface area contributed by atoms with Crippen LogP contribution in [-0.2, 0) is 22.7 Å². The van der Waals surface area contributed by atoms with Crippen LogP contribution >= 0.6 is 15.9 Å². The van der Waals surface area contributed by atoms with Crippen LogP contribution in [0.3, 0.4) is 0 Å². The third-order valence-electron chi connectivity index (χ3n) is 4.05. The summed E-state index contributed by atoms with van der Waals surface area (Å²) in [5, 5.41) is 4.32. The van der Waals surface area contributed by atoms with E-state index in [1.807, 2.05) is 6.07 Å². The van der Waals surface area contributed by atoms with Gasteiger partial charge in [-0.3, -0.25) is 14.2 Å². The molecule has 0 amide bonds. The predicted octanol–water partition coefficient (Wildman–Crippen LogP) is 3.54. The first-order valence-electron chi connectivity index (χ1n) is 8.40. The molecule has 0 aliphatic heterocycles. The van der Waals surface area contributed by atoms with E-state index in [0.717, 1.165) is 4.47 Å². The summed E-state index contributed by atoms with van der Waals surface area (Å²) >= 11 is 3.34. The Morgan fingerprint density at radius 2 is 2.11 bits per heavy atom. The largest absolute Gasteiger partial charge is 0.461 e. The summed E-state index contributed by atoms with van der Waals surface area (Å²) in [4.78, 5) is 28.8. The Labute approximate surface area is 166 Å². The zero-order valence-corrected chi connectivity index (χ0v) is 16.1. The number of halogens is 1. The highest BCUT2D eigenvalue weighted by Crippen LogP contribution is 2.20. The number of hydrogen-bond donors (Lipinski definition) is 0. The number of carbonyl (C=O) groups is 1. The van der Waals surface area contributed by atoms with E-state index >= 15 is 0 Å². The van der Waals surface area contributed by atoms with Gasteiger partial charge in [0.15, 0.2) is 5.76 Å². The van der Waals surface area contributed by atoms with Gasteiger partial charge in [-0.25, -0.2) is 4.98 Å². The van der Waals surface area contributed by atoms with E-state index in [4.69, 9.17) is 13.7 Å². The molecule has 0 saturated carbocycles. The molecule has 3 aromatic heterocycles. The standard InChI is InChI=1S/C19H14BrN3O5/c20-12-3-4-15-14(8-12)19(25)23(11-21-15)6-5-18(24)27-10-13-9-17(28-22-13)16-2-1-7-26-16/h1-4,7-9,11H,5-6,10H2. The first-order chi connectivity index (χ1) is 13.6. The van der Waals surface area contributed by atoms with Crippen molar-refractivity contribution >= 4 is 32.8 Å². The third-order valence-corrected chi connectivity index (χ3v) is 4.54. The molecule has 0 fully saturated rings. The molecule has 0 unspecified atom stereocenters. The highest BCUT2D eigenvalue weighted by atomic mass is 79.9. The molecule has 4 aromatic rings. The molecule has 0 spiro atoms. The van der Waals surface area contributed by atoms with Crippen molar-refractivity contribution in [1.29, 1.82) is 0 Å². The third kappa shape index (κ3) is 3.89. The lowest BCUT2D eigenvalue weighted by Crippen LogP contribution is -2.22. The lowest BCUT2D eigenvalue weighted by Gasteiger charge is -2.07. The van der Waals surface area contributed by atoms with E-state index in [2.05, 4.69) is 26.1 Å². The number of esters is 1. The van der Waals surface area contributed by atoms with Crippen LogP contribution in [0.2, 0.25) is 0 Å². The molecule has 4 rings (SSSR count). The van der Waals surface area contributed by atoms with Gasteiger partial charge in [0.1, 0.15) is 12.3 Å². The average molecular weight is 444 g/mol. The number of rotatable bonds is 6. The van der Waals surface area contributed by atoms with Crippen molar-refractivity contribution in [3.63, 3.8) is 0 Å². The zero-order chi connectivity index (χ0) is 19.5. The number of fused-ring (bicyclic) bond motifs is 1. The molecule has 0 saturated heterocycles. The summed E-state index contributed by atoms with van der Waals surface area (Å²) in [6.07, 6.45) is 2.99. The first kappa shape index (κ1) is 18.2. The second kappa shape index (κ2) is 7.81. The SMILES string of the molecule is O=C(CCn1cnc2ccc(Br)cc2c1=O)OCc1cc(-c2ccco2)on1. The first-order valence-corrected chi connectivity index (χ1v) is 9.19. The minimum absolute atomic E-state index is 0.0269. The zero-order valence-electron chi connectivity index (χ0n) is 14.5. The van der Waals surface area contributed by atoms with E-state index in [-0.39, 0.29) is 25.1 Å². The summed E-state index contributed by atoms with van der Waals surface area (Å²) in [6.45, 7) is 0.143. The predicted molar refractivity (Wildman–Crippen MR) is 102 cm³/mol. The summed E-state index contributed by atoms with van der Waals surface area (Å²) in [5.74, 6) is 0.541. The maximum atomic E-state index is 12.5. The van der Waals surface area contributed by atoms with Gasteiger partial charge < -0.3 is 13.7 Å². The van der Waals surface area contributed by atoms with Crippen molar-refractivity contribution in [1.82, 2.24) is 14.7 Å². The van der Waals surface area contributed by atoms with E-state index < -0.39 is 5.97 Å². The van der Waals surface area contributed by atoms with E-state index in [9.17, 15) is 9.59 Å². The fourth-order valence-corrected chi connectivity index (χ4v) is 3.00.